The summed E-state index contributed by atoms with van der Waals surface area (Å²) in [6, 6.07) is 8.59. The van der Waals surface area contributed by atoms with Crippen LogP contribution in [-0.4, -0.2) is 43.7 Å². The van der Waals surface area contributed by atoms with Crippen LogP contribution in [0.25, 0.3) is 0 Å². The Morgan fingerprint density at radius 1 is 1.22 bits per heavy atom. The fraction of sp³-hybridized carbons (Fsp3) is 0.667. The number of likely N-dealkylation sites (tertiary alicyclic amines) is 1. The minimum absolute atomic E-state index is 0. The zero-order valence-electron chi connectivity index (χ0n) is 17.1. The molecule has 5 nitrogen and oxygen atoms in total. The van der Waals surface area contributed by atoms with E-state index in [1.54, 1.807) is 0 Å². The zero-order valence-corrected chi connectivity index (χ0v) is 19.4. The third kappa shape index (κ3) is 9.25. The number of nitrogens with zero attached hydrogens (tertiary/aromatic N) is 2. The van der Waals surface area contributed by atoms with E-state index in [0.717, 1.165) is 44.6 Å². The van der Waals surface area contributed by atoms with Crippen LogP contribution in [0.5, 0.6) is 0 Å². The van der Waals surface area contributed by atoms with Crippen LogP contribution in [0.2, 0.25) is 0 Å². The molecular formula is C21H37IN4O. The van der Waals surface area contributed by atoms with Crippen LogP contribution in [-0.2, 0) is 17.8 Å². The van der Waals surface area contributed by atoms with E-state index >= 15 is 0 Å². The Balaban J connectivity index is 0.00000364. The van der Waals surface area contributed by atoms with Crippen molar-refractivity contribution in [3.8, 4) is 0 Å². The van der Waals surface area contributed by atoms with Gasteiger partial charge in [-0.2, -0.15) is 0 Å². The maximum atomic E-state index is 5.99. The summed E-state index contributed by atoms with van der Waals surface area (Å²) in [5, 5.41) is 3.16. The molecule has 2 atom stereocenters. The molecule has 0 radical (unpaired) electrons. The molecule has 0 saturated carbocycles. The van der Waals surface area contributed by atoms with Crippen LogP contribution in [0.1, 0.15) is 44.7 Å². The number of hydrogen-bond acceptors (Lipinski definition) is 3. The smallest absolute Gasteiger partial charge is 0.188 e. The highest BCUT2D eigenvalue weighted by molar-refractivity contribution is 14.0. The largest absolute Gasteiger partial charge is 0.382 e. The summed E-state index contributed by atoms with van der Waals surface area (Å²) in [5.41, 5.74) is 8.62. The number of benzene rings is 1. The van der Waals surface area contributed by atoms with Gasteiger partial charge in [-0.15, -0.1) is 24.0 Å². The molecule has 0 bridgehead atoms. The Kier molecular flexibility index (Phi) is 11.9. The second-order valence-electron chi connectivity index (χ2n) is 7.59. The summed E-state index contributed by atoms with van der Waals surface area (Å²) in [6.07, 6.45) is 2.28. The molecule has 1 aliphatic rings. The molecular weight excluding hydrogens is 451 g/mol. The van der Waals surface area contributed by atoms with Gasteiger partial charge in [0.05, 0.1) is 6.54 Å². The average Bonchev–Trinajstić information content (AvgIpc) is 2.60. The Bertz CT molecular complexity index is 557. The second kappa shape index (κ2) is 13.3. The third-order valence-corrected chi connectivity index (χ3v) is 4.85. The van der Waals surface area contributed by atoms with Crippen molar-refractivity contribution in [2.45, 2.75) is 46.7 Å². The van der Waals surface area contributed by atoms with Crippen molar-refractivity contribution < 1.29 is 4.74 Å². The molecule has 0 aliphatic carbocycles. The van der Waals surface area contributed by atoms with Gasteiger partial charge in [0.15, 0.2) is 5.96 Å². The van der Waals surface area contributed by atoms with Gasteiger partial charge < -0.3 is 15.8 Å². The summed E-state index contributed by atoms with van der Waals surface area (Å²) in [5.74, 6) is 2.07. The molecule has 2 rings (SSSR count). The lowest BCUT2D eigenvalue weighted by molar-refractivity contribution is 0.134. The monoisotopic (exact) mass is 488 g/mol. The minimum atomic E-state index is 0. The molecule has 0 aromatic heterocycles. The molecule has 3 N–H and O–H groups in total. The first-order chi connectivity index (χ1) is 12.6. The predicted molar refractivity (Wildman–Crippen MR) is 125 cm³/mol. The maximum Gasteiger partial charge on any atom is 0.188 e. The molecule has 27 heavy (non-hydrogen) atoms. The topological polar surface area (TPSA) is 62.9 Å². The molecule has 1 fully saturated rings. The van der Waals surface area contributed by atoms with E-state index in [1.165, 1.54) is 30.6 Å². The number of rotatable bonds is 9. The van der Waals surface area contributed by atoms with Crippen LogP contribution in [0.3, 0.4) is 0 Å². The number of ether oxygens (including phenoxy) is 1. The van der Waals surface area contributed by atoms with Gasteiger partial charge in [0.25, 0.3) is 0 Å². The highest BCUT2D eigenvalue weighted by atomic mass is 127. The number of nitrogens with two attached hydrogens (primary N) is 1. The Morgan fingerprint density at radius 2 is 1.89 bits per heavy atom. The second-order valence-corrected chi connectivity index (χ2v) is 7.59. The van der Waals surface area contributed by atoms with E-state index in [9.17, 15) is 0 Å². The standard InChI is InChI=1S/C21H36N4O.HI/c1-4-26-11-7-10-23-21(22)24-13-19-8-5-6-9-20(19)16-25-14-17(2)12-18(3)15-25;/h5-6,8-9,17-18H,4,7,10-16H2,1-3H3,(H3,22,23,24);1H. The molecule has 0 amide bonds. The van der Waals surface area contributed by atoms with Gasteiger partial charge in [0.1, 0.15) is 0 Å². The van der Waals surface area contributed by atoms with Crippen molar-refractivity contribution >= 4 is 29.9 Å². The van der Waals surface area contributed by atoms with E-state index in [4.69, 9.17) is 10.5 Å². The Morgan fingerprint density at radius 3 is 2.56 bits per heavy atom. The molecule has 2 unspecified atom stereocenters. The quantitative estimate of drug-likeness (QED) is 0.241. The first kappa shape index (κ1) is 24.2. The number of nitrogens with one attached hydrogen (secondary N) is 1. The first-order valence-electron chi connectivity index (χ1n) is 9.99. The van der Waals surface area contributed by atoms with Crippen LogP contribution in [0.15, 0.2) is 29.3 Å². The summed E-state index contributed by atoms with van der Waals surface area (Å²) >= 11 is 0. The summed E-state index contributed by atoms with van der Waals surface area (Å²) in [6.45, 7) is 13.0. The summed E-state index contributed by atoms with van der Waals surface area (Å²) < 4.78 is 5.32. The van der Waals surface area contributed by atoms with Crippen LogP contribution in [0, 0.1) is 11.8 Å². The molecule has 1 saturated heterocycles. The molecule has 1 heterocycles. The van der Waals surface area contributed by atoms with Gasteiger partial charge in [-0.1, -0.05) is 38.1 Å². The van der Waals surface area contributed by atoms with E-state index < -0.39 is 0 Å². The fourth-order valence-corrected chi connectivity index (χ4v) is 3.79. The zero-order chi connectivity index (χ0) is 18.8. The fourth-order valence-electron chi connectivity index (χ4n) is 3.79. The van der Waals surface area contributed by atoms with Crippen molar-refractivity contribution in [3.05, 3.63) is 35.4 Å². The first-order valence-corrected chi connectivity index (χ1v) is 9.99. The lowest BCUT2D eigenvalue weighted by Crippen LogP contribution is -2.38. The lowest BCUT2D eigenvalue weighted by Gasteiger charge is -2.35. The van der Waals surface area contributed by atoms with E-state index in [1.807, 2.05) is 6.92 Å². The van der Waals surface area contributed by atoms with Crippen LogP contribution < -0.4 is 11.1 Å². The molecule has 1 aromatic carbocycles. The van der Waals surface area contributed by atoms with Crippen molar-refractivity contribution in [2.75, 3.05) is 32.8 Å². The summed E-state index contributed by atoms with van der Waals surface area (Å²) in [4.78, 5) is 7.10. The van der Waals surface area contributed by atoms with Crippen molar-refractivity contribution in [1.82, 2.24) is 10.2 Å². The highest BCUT2D eigenvalue weighted by Gasteiger charge is 2.22. The lowest BCUT2D eigenvalue weighted by atomic mass is 9.91. The Labute approximate surface area is 182 Å². The predicted octanol–water partition coefficient (Wildman–Crippen LogP) is 3.61. The number of halogens is 1. The third-order valence-electron chi connectivity index (χ3n) is 4.85. The molecule has 1 aromatic rings. The van der Waals surface area contributed by atoms with E-state index in [2.05, 4.69) is 53.3 Å². The number of guanidine groups is 1. The SMILES string of the molecule is CCOCCCNC(N)=NCc1ccccc1CN1CC(C)CC(C)C1.I. The van der Waals surface area contributed by atoms with Gasteiger partial charge in [0.2, 0.25) is 0 Å². The van der Waals surface area contributed by atoms with E-state index in [0.29, 0.717) is 12.5 Å². The molecule has 1 aliphatic heterocycles. The number of aliphatic imine (C=N–C) groups is 1. The van der Waals surface area contributed by atoms with Crippen LogP contribution >= 0.6 is 24.0 Å². The van der Waals surface area contributed by atoms with Crippen LogP contribution in [0.4, 0.5) is 0 Å². The highest BCUT2D eigenvalue weighted by Crippen LogP contribution is 2.23. The van der Waals surface area contributed by atoms with E-state index in [-0.39, 0.29) is 24.0 Å². The van der Waals surface area contributed by atoms with Gasteiger partial charge in [-0.05, 0) is 42.7 Å². The van der Waals surface area contributed by atoms with Gasteiger partial charge >= 0.3 is 0 Å². The molecule has 6 heteroatoms. The molecule has 0 spiro atoms. The number of hydrogen-bond donors (Lipinski definition) is 2. The van der Waals surface area contributed by atoms with Crippen molar-refractivity contribution in [3.63, 3.8) is 0 Å². The average molecular weight is 488 g/mol. The summed E-state index contributed by atoms with van der Waals surface area (Å²) in [7, 11) is 0. The minimum Gasteiger partial charge on any atom is -0.382 e. The Hall–Kier alpha value is -0.860. The molecule has 154 valence electrons. The van der Waals surface area contributed by atoms with Gasteiger partial charge in [0, 0.05) is 39.4 Å². The van der Waals surface area contributed by atoms with Crippen molar-refractivity contribution in [2.24, 2.45) is 22.6 Å². The maximum absolute atomic E-state index is 5.99. The number of piperidine rings is 1. The normalized spacial score (nSPS) is 20.9. The van der Waals surface area contributed by atoms with Gasteiger partial charge in [-0.3, -0.25) is 4.90 Å². The van der Waals surface area contributed by atoms with Crippen molar-refractivity contribution in [1.29, 1.82) is 0 Å². The van der Waals surface area contributed by atoms with Gasteiger partial charge in [-0.25, -0.2) is 4.99 Å².